The Balaban J connectivity index is 1.97. The Hall–Kier alpha value is -3.36. The summed E-state index contributed by atoms with van der Waals surface area (Å²) >= 11 is 1.69. The summed E-state index contributed by atoms with van der Waals surface area (Å²) in [6.07, 6.45) is 1.96. The molecule has 3 aromatic rings. The molecule has 6 N–H and O–H groups in total. The van der Waals surface area contributed by atoms with Crippen molar-refractivity contribution in [2.75, 3.05) is 5.32 Å². The van der Waals surface area contributed by atoms with Gasteiger partial charge in [0.2, 0.25) is 5.91 Å². The molecule has 172 valence electrons. The number of hydrogen-bond acceptors (Lipinski definition) is 6. The first-order chi connectivity index (χ1) is 15.7. The molecule has 0 saturated carbocycles. The van der Waals surface area contributed by atoms with Crippen LogP contribution in [0.25, 0.3) is 11.1 Å². The summed E-state index contributed by atoms with van der Waals surface area (Å²) in [7, 11) is 0. The van der Waals surface area contributed by atoms with Crippen LogP contribution in [0.3, 0.4) is 0 Å². The van der Waals surface area contributed by atoms with Crippen LogP contribution in [0.15, 0.2) is 70.8 Å². The number of amides is 1. The second-order valence-electron chi connectivity index (χ2n) is 8.65. The number of carbonyl (C=O) groups is 1. The van der Waals surface area contributed by atoms with Crippen LogP contribution >= 0.6 is 11.8 Å². The van der Waals surface area contributed by atoms with Crippen molar-refractivity contribution in [3.05, 3.63) is 77.6 Å². The minimum Gasteiger partial charge on any atom is -0.382 e. The number of amidine groups is 1. The van der Waals surface area contributed by atoms with Gasteiger partial charge in [0.25, 0.3) is 0 Å². The third-order valence-corrected chi connectivity index (χ3v) is 5.87. The molecule has 0 aliphatic rings. The molecule has 0 bridgehead atoms. The molecule has 0 fully saturated rings. The molecular formula is C25H30N6OS. The molecule has 1 amide bonds. The quantitative estimate of drug-likeness (QED) is 0.137. The maximum atomic E-state index is 12.9. The zero-order chi connectivity index (χ0) is 24.0. The van der Waals surface area contributed by atoms with Gasteiger partial charge in [-0.3, -0.25) is 9.78 Å². The average molecular weight is 463 g/mol. The Morgan fingerprint density at radius 1 is 1.12 bits per heavy atom. The lowest BCUT2D eigenvalue weighted by molar-refractivity contribution is -0.115. The number of hydrazone groups is 1. The Morgan fingerprint density at radius 3 is 2.55 bits per heavy atom. The van der Waals surface area contributed by atoms with Crippen LogP contribution in [0.5, 0.6) is 0 Å². The van der Waals surface area contributed by atoms with Gasteiger partial charge in [0.15, 0.2) is 5.84 Å². The van der Waals surface area contributed by atoms with E-state index in [2.05, 4.69) is 41.7 Å². The van der Waals surface area contributed by atoms with Crippen LogP contribution in [0.2, 0.25) is 0 Å². The summed E-state index contributed by atoms with van der Waals surface area (Å²) in [5.74, 6) is 5.46. The average Bonchev–Trinajstić information content (AvgIpc) is 2.76. The minimum absolute atomic E-state index is 0.0265. The van der Waals surface area contributed by atoms with Gasteiger partial charge in [-0.25, -0.2) is 11.4 Å². The van der Waals surface area contributed by atoms with Crippen molar-refractivity contribution in [3.63, 3.8) is 0 Å². The predicted molar refractivity (Wildman–Crippen MR) is 137 cm³/mol. The second-order valence-corrected chi connectivity index (χ2v) is 10.5. The van der Waals surface area contributed by atoms with Crippen LogP contribution < -0.4 is 22.4 Å². The number of hydrogen-bond donors (Lipinski definition) is 4. The summed E-state index contributed by atoms with van der Waals surface area (Å²) < 4.78 is -0.0265. The van der Waals surface area contributed by atoms with E-state index < -0.39 is 0 Å². The summed E-state index contributed by atoms with van der Waals surface area (Å²) in [5, 5.41) is 7.00. The highest BCUT2D eigenvalue weighted by molar-refractivity contribution is 8.00. The van der Waals surface area contributed by atoms with E-state index in [0.29, 0.717) is 0 Å². The standard InChI is InChI=1S/C25H30N6OS/c1-16-9-11-18(28-15-16)14-23(32)29-21-13-17(10-12-22(21)33-25(2,3)4)19-7-5-6-8-20(19)24(26)30-31-27/h5-13,15,31H,14,27H2,1-4H3,(H2,26,30)(H,29,32). The lowest BCUT2D eigenvalue weighted by atomic mass is 9.98. The van der Waals surface area contributed by atoms with Gasteiger partial charge >= 0.3 is 0 Å². The summed E-state index contributed by atoms with van der Waals surface area (Å²) in [6, 6.07) is 17.5. The zero-order valence-corrected chi connectivity index (χ0v) is 20.2. The molecule has 2 aromatic carbocycles. The number of nitrogens with zero attached hydrogens (tertiary/aromatic N) is 2. The molecular weight excluding hydrogens is 432 g/mol. The number of thioether (sulfide) groups is 1. The van der Waals surface area contributed by atoms with E-state index in [1.54, 1.807) is 18.0 Å². The number of hydrazine groups is 1. The monoisotopic (exact) mass is 462 g/mol. The fraction of sp³-hybridized carbons (Fsp3) is 0.240. The van der Waals surface area contributed by atoms with E-state index in [-0.39, 0.29) is 22.9 Å². The third-order valence-electron chi connectivity index (χ3n) is 4.68. The predicted octanol–water partition coefficient (Wildman–Crippen LogP) is 4.21. The van der Waals surface area contributed by atoms with Crippen molar-refractivity contribution >= 4 is 29.2 Å². The molecule has 0 saturated heterocycles. The fourth-order valence-corrected chi connectivity index (χ4v) is 4.28. The Morgan fingerprint density at radius 2 is 1.88 bits per heavy atom. The summed E-state index contributed by atoms with van der Waals surface area (Å²) in [6.45, 7) is 8.39. The number of carbonyl (C=O) groups excluding carboxylic acids is 1. The van der Waals surface area contributed by atoms with Gasteiger partial charge in [0, 0.05) is 27.1 Å². The van der Waals surface area contributed by atoms with Crippen molar-refractivity contribution in [2.45, 2.75) is 43.8 Å². The molecule has 1 aromatic heterocycles. The fourth-order valence-electron chi connectivity index (χ4n) is 3.26. The number of anilines is 1. The largest absolute Gasteiger partial charge is 0.382 e. The van der Waals surface area contributed by atoms with E-state index in [1.807, 2.05) is 61.5 Å². The number of aromatic nitrogens is 1. The Bertz CT molecular complexity index is 1150. The third kappa shape index (κ3) is 6.81. The zero-order valence-electron chi connectivity index (χ0n) is 19.3. The SMILES string of the molecule is Cc1ccc(CC(=O)Nc2cc(-c3ccccc3/C(N)=N/NN)ccc2SC(C)(C)C)nc1. The number of nitrogens with two attached hydrogens (primary N) is 2. The van der Waals surface area contributed by atoms with Crippen LogP contribution in [0, 0.1) is 6.92 Å². The molecule has 0 radical (unpaired) electrons. The topological polar surface area (TPSA) is 118 Å². The first kappa shape index (κ1) is 24.3. The molecule has 0 aliphatic carbocycles. The van der Waals surface area contributed by atoms with Crippen molar-refractivity contribution in [2.24, 2.45) is 16.7 Å². The lowest BCUT2D eigenvalue weighted by Gasteiger charge is -2.21. The normalized spacial score (nSPS) is 11.8. The van der Waals surface area contributed by atoms with E-state index in [0.717, 1.165) is 38.5 Å². The number of aryl methyl sites for hydroxylation is 1. The van der Waals surface area contributed by atoms with Crippen LogP contribution in [0.1, 0.15) is 37.6 Å². The van der Waals surface area contributed by atoms with Gasteiger partial charge < -0.3 is 11.1 Å². The molecule has 33 heavy (non-hydrogen) atoms. The Kier molecular flexibility index (Phi) is 7.73. The van der Waals surface area contributed by atoms with Gasteiger partial charge in [-0.05, 0) is 41.8 Å². The lowest BCUT2D eigenvalue weighted by Crippen LogP contribution is -2.23. The van der Waals surface area contributed by atoms with Gasteiger partial charge in [-0.1, -0.05) is 57.2 Å². The van der Waals surface area contributed by atoms with Crippen LogP contribution in [0.4, 0.5) is 5.69 Å². The van der Waals surface area contributed by atoms with E-state index in [9.17, 15) is 4.79 Å². The maximum Gasteiger partial charge on any atom is 0.230 e. The van der Waals surface area contributed by atoms with Gasteiger partial charge in [0.05, 0.1) is 12.1 Å². The van der Waals surface area contributed by atoms with Crippen molar-refractivity contribution in [3.8, 4) is 11.1 Å². The summed E-state index contributed by atoms with van der Waals surface area (Å²) in [5.41, 5.74) is 13.4. The number of nitrogens with one attached hydrogen (secondary N) is 2. The van der Waals surface area contributed by atoms with Gasteiger partial charge in [-0.2, -0.15) is 0 Å². The molecule has 1 heterocycles. The molecule has 0 spiro atoms. The first-order valence-corrected chi connectivity index (χ1v) is 11.4. The summed E-state index contributed by atoms with van der Waals surface area (Å²) in [4.78, 5) is 18.2. The van der Waals surface area contributed by atoms with Gasteiger partial charge in [0.1, 0.15) is 0 Å². The maximum absolute atomic E-state index is 12.9. The second kappa shape index (κ2) is 10.5. The van der Waals surface area contributed by atoms with E-state index in [4.69, 9.17) is 11.6 Å². The first-order valence-electron chi connectivity index (χ1n) is 10.6. The van der Waals surface area contributed by atoms with Gasteiger partial charge in [-0.15, -0.1) is 16.9 Å². The molecule has 0 unspecified atom stereocenters. The number of rotatable bonds is 7. The van der Waals surface area contributed by atoms with Crippen LogP contribution in [-0.2, 0) is 11.2 Å². The molecule has 0 aliphatic heterocycles. The smallest absolute Gasteiger partial charge is 0.230 e. The molecule has 3 rings (SSSR count). The molecule has 8 heteroatoms. The number of pyridine rings is 1. The Labute approximate surface area is 199 Å². The highest BCUT2D eigenvalue weighted by Crippen LogP contribution is 2.39. The number of benzene rings is 2. The van der Waals surface area contributed by atoms with E-state index in [1.165, 1.54) is 0 Å². The minimum atomic E-state index is -0.124. The highest BCUT2D eigenvalue weighted by Gasteiger charge is 2.18. The highest BCUT2D eigenvalue weighted by atomic mass is 32.2. The van der Waals surface area contributed by atoms with Crippen LogP contribution in [-0.4, -0.2) is 21.5 Å². The molecule has 0 atom stereocenters. The van der Waals surface area contributed by atoms with Crippen molar-refractivity contribution < 1.29 is 4.79 Å². The van der Waals surface area contributed by atoms with E-state index >= 15 is 0 Å². The molecule has 7 nitrogen and oxygen atoms in total. The van der Waals surface area contributed by atoms with Crippen molar-refractivity contribution in [1.29, 1.82) is 0 Å². The van der Waals surface area contributed by atoms with Crippen molar-refractivity contribution in [1.82, 2.24) is 10.5 Å².